The SMILES string of the molecule is OB(O)c1ccc[n+](Cc2ccc(C[n+]3cccc(B(O)O)c3)cc2)c1. The normalized spacial score (nSPS) is 10.6. The van der Waals surface area contributed by atoms with E-state index in [9.17, 15) is 20.1 Å². The number of nitrogens with zero attached hydrogens (tertiary/aromatic N) is 2. The molecule has 4 N–H and O–H groups in total. The van der Waals surface area contributed by atoms with Gasteiger partial charge in [0.25, 0.3) is 0 Å². The molecule has 6 nitrogen and oxygen atoms in total. The first-order valence-corrected chi connectivity index (χ1v) is 8.29. The lowest BCUT2D eigenvalue weighted by molar-refractivity contribution is -0.688. The van der Waals surface area contributed by atoms with Crippen molar-refractivity contribution in [1.29, 1.82) is 0 Å². The minimum absolute atomic E-state index is 0.450. The van der Waals surface area contributed by atoms with E-state index < -0.39 is 14.2 Å². The maximum Gasteiger partial charge on any atom is 0.494 e. The van der Waals surface area contributed by atoms with Crippen LogP contribution in [0, 0.1) is 0 Å². The maximum absolute atomic E-state index is 9.25. The van der Waals surface area contributed by atoms with Crippen LogP contribution in [0.15, 0.2) is 73.3 Å². The van der Waals surface area contributed by atoms with Crippen molar-refractivity contribution >= 4 is 25.2 Å². The average molecular weight is 350 g/mol. The highest BCUT2D eigenvalue weighted by Gasteiger charge is 2.16. The summed E-state index contributed by atoms with van der Waals surface area (Å²) in [4.78, 5) is 0. The van der Waals surface area contributed by atoms with Crippen LogP contribution in [0.3, 0.4) is 0 Å². The summed E-state index contributed by atoms with van der Waals surface area (Å²) in [6.45, 7) is 1.25. The molecule has 0 amide bonds. The number of benzene rings is 1. The van der Waals surface area contributed by atoms with Gasteiger partial charge in [0.1, 0.15) is 0 Å². The lowest BCUT2D eigenvalue weighted by Gasteiger charge is -2.03. The Balaban J connectivity index is 1.69. The fourth-order valence-electron chi connectivity index (χ4n) is 2.76. The molecule has 0 fully saturated rings. The number of aromatic nitrogens is 2. The number of hydrogen-bond acceptors (Lipinski definition) is 4. The van der Waals surface area contributed by atoms with Crippen molar-refractivity contribution in [2.24, 2.45) is 0 Å². The quantitative estimate of drug-likeness (QED) is 0.298. The van der Waals surface area contributed by atoms with Crippen LogP contribution in [-0.2, 0) is 13.1 Å². The van der Waals surface area contributed by atoms with Gasteiger partial charge in [0.05, 0.1) is 0 Å². The van der Waals surface area contributed by atoms with Crippen molar-refractivity contribution < 1.29 is 29.2 Å². The molecule has 0 saturated carbocycles. The van der Waals surface area contributed by atoms with Crippen molar-refractivity contribution in [1.82, 2.24) is 0 Å². The number of rotatable bonds is 6. The van der Waals surface area contributed by atoms with Crippen molar-refractivity contribution in [3.63, 3.8) is 0 Å². The summed E-state index contributed by atoms with van der Waals surface area (Å²) in [6, 6.07) is 15.0. The van der Waals surface area contributed by atoms with E-state index in [1.54, 1.807) is 36.7 Å². The summed E-state index contributed by atoms with van der Waals surface area (Å²) in [5, 5.41) is 37.0. The molecule has 3 aromatic rings. The lowest BCUT2D eigenvalue weighted by atomic mass is 9.82. The Labute approximate surface area is 152 Å². The highest BCUT2D eigenvalue weighted by Crippen LogP contribution is 2.04. The smallest absolute Gasteiger partial charge is 0.423 e. The summed E-state index contributed by atoms with van der Waals surface area (Å²) in [5.41, 5.74) is 3.08. The molecule has 0 aliphatic rings. The monoisotopic (exact) mass is 350 g/mol. The van der Waals surface area contributed by atoms with Gasteiger partial charge in [-0.25, -0.2) is 9.13 Å². The Hall–Kier alpha value is -2.51. The second-order valence-corrected chi connectivity index (χ2v) is 6.18. The average Bonchev–Trinajstić information content (AvgIpc) is 2.64. The minimum Gasteiger partial charge on any atom is -0.423 e. The second kappa shape index (κ2) is 8.25. The zero-order valence-electron chi connectivity index (χ0n) is 14.2. The molecule has 0 bridgehead atoms. The molecule has 3 rings (SSSR count). The van der Waals surface area contributed by atoms with E-state index in [1.165, 1.54) is 0 Å². The van der Waals surface area contributed by atoms with Crippen LogP contribution in [0.2, 0.25) is 0 Å². The van der Waals surface area contributed by atoms with Crippen LogP contribution >= 0.6 is 0 Å². The van der Waals surface area contributed by atoms with E-state index in [4.69, 9.17) is 0 Å². The van der Waals surface area contributed by atoms with Crippen molar-refractivity contribution in [2.75, 3.05) is 0 Å². The third kappa shape index (κ3) is 4.77. The van der Waals surface area contributed by atoms with E-state index in [0.717, 1.165) is 11.1 Å². The molecular formula is C18H20B2N2O4+2. The van der Waals surface area contributed by atoms with Gasteiger partial charge in [-0.05, 0) is 0 Å². The van der Waals surface area contributed by atoms with E-state index in [0.29, 0.717) is 24.0 Å². The standard InChI is InChI=1S/C18H20B2N2O4/c23-19(24)17-3-1-9-21(13-17)11-15-5-7-16(8-6-15)12-22-10-2-4-18(14-22)20(25)26/h1-10,13-14,23-26H,11-12H2/q+2. The Morgan fingerprint density at radius 1 is 0.615 bits per heavy atom. The van der Waals surface area contributed by atoms with E-state index in [-0.39, 0.29) is 0 Å². The molecule has 0 aliphatic heterocycles. The van der Waals surface area contributed by atoms with Crippen LogP contribution in [0.25, 0.3) is 0 Å². The fourth-order valence-corrected chi connectivity index (χ4v) is 2.76. The van der Waals surface area contributed by atoms with Crippen molar-refractivity contribution in [2.45, 2.75) is 13.1 Å². The van der Waals surface area contributed by atoms with Gasteiger partial charge in [-0.3, -0.25) is 0 Å². The second-order valence-electron chi connectivity index (χ2n) is 6.18. The zero-order chi connectivity index (χ0) is 18.5. The van der Waals surface area contributed by atoms with Gasteiger partial charge in [-0.15, -0.1) is 0 Å². The van der Waals surface area contributed by atoms with Gasteiger partial charge < -0.3 is 20.1 Å². The van der Waals surface area contributed by atoms with Crippen LogP contribution < -0.4 is 20.1 Å². The minimum atomic E-state index is -1.48. The molecular weight excluding hydrogens is 330 g/mol. The lowest BCUT2D eigenvalue weighted by Crippen LogP contribution is -2.42. The molecule has 0 aliphatic carbocycles. The third-order valence-corrected chi connectivity index (χ3v) is 4.11. The van der Waals surface area contributed by atoms with Gasteiger partial charge in [-0.2, -0.15) is 0 Å². The Morgan fingerprint density at radius 3 is 1.35 bits per heavy atom. The summed E-state index contributed by atoms with van der Waals surface area (Å²) >= 11 is 0. The molecule has 26 heavy (non-hydrogen) atoms. The van der Waals surface area contributed by atoms with E-state index in [2.05, 4.69) is 0 Å². The Morgan fingerprint density at radius 2 is 1.00 bits per heavy atom. The summed E-state index contributed by atoms with van der Waals surface area (Å²) < 4.78 is 3.79. The molecule has 2 heterocycles. The van der Waals surface area contributed by atoms with Crippen LogP contribution in [0.5, 0.6) is 0 Å². The van der Waals surface area contributed by atoms with Gasteiger partial charge in [0, 0.05) is 34.2 Å². The maximum atomic E-state index is 9.25. The van der Waals surface area contributed by atoms with Crippen LogP contribution in [0.1, 0.15) is 11.1 Å². The molecule has 0 unspecified atom stereocenters. The van der Waals surface area contributed by atoms with Gasteiger partial charge in [0.15, 0.2) is 37.9 Å². The van der Waals surface area contributed by atoms with Gasteiger partial charge >= 0.3 is 14.2 Å². The third-order valence-electron chi connectivity index (χ3n) is 4.11. The molecule has 0 atom stereocenters. The predicted octanol–water partition coefficient (Wildman–Crippen LogP) is -2.28. The first kappa shape index (κ1) is 18.3. The van der Waals surface area contributed by atoms with E-state index in [1.807, 2.05) is 45.8 Å². The predicted molar refractivity (Wildman–Crippen MR) is 97.6 cm³/mol. The van der Waals surface area contributed by atoms with E-state index >= 15 is 0 Å². The Kier molecular flexibility index (Phi) is 5.80. The molecule has 0 saturated heterocycles. The zero-order valence-corrected chi connectivity index (χ0v) is 14.2. The van der Waals surface area contributed by atoms with Crippen molar-refractivity contribution in [3.05, 3.63) is 84.4 Å². The first-order chi connectivity index (χ1) is 12.5. The molecule has 0 radical (unpaired) electrons. The molecule has 0 spiro atoms. The van der Waals surface area contributed by atoms with Crippen LogP contribution in [-0.4, -0.2) is 34.3 Å². The molecule has 130 valence electrons. The van der Waals surface area contributed by atoms with Gasteiger partial charge in [-0.1, -0.05) is 36.4 Å². The molecule has 8 heteroatoms. The number of pyridine rings is 2. The first-order valence-electron chi connectivity index (χ1n) is 8.29. The number of hydrogen-bond donors (Lipinski definition) is 4. The summed E-state index contributed by atoms with van der Waals surface area (Å²) in [7, 11) is -2.95. The molecule has 2 aromatic heterocycles. The summed E-state index contributed by atoms with van der Waals surface area (Å²) in [5.74, 6) is 0. The highest BCUT2D eigenvalue weighted by molar-refractivity contribution is 6.58. The van der Waals surface area contributed by atoms with Gasteiger partial charge in [0.2, 0.25) is 0 Å². The fraction of sp³-hybridized carbons (Fsp3) is 0.111. The molecule has 1 aromatic carbocycles. The summed E-state index contributed by atoms with van der Waals surface area (Å²) in [6.07, 6.45) is 7.17. The topological polar surface area (TPSA) is 88.7 Å². The van der Waals surface area contributed by atoms with Crippen molar-refractivity contribution in [3.8, 4) is 0 Å². The highest BCUT2D eigenvalue weighted by atomic mass is 16.4. The Bertz CT molecular complexity index is 801. The van der Waals surface area contributed by atoms with Crippen LogP contribution in [0.4, 0.5) is 0 Å². The largest absolute Gasteiger partial charge is 0.494 e.